The van der Waals surface area contributed by atoms with E-state index in [-0.39, 0.29) is 5.91 Å². The van der Waals surface area contributed by atoms with Gasteiger partial charge in [0.05, 0.1) is 18.4 Å². The molecule has 2 heterocycles. The van der Waals surface area contributed by atoms with E-state index in [2.05, 4.69) is 10.1 Å². The van der Waals surface area contributed by atoms with Gasteiger partial charge in [0.2, 0.25) is 0 Å². The van der Waals surface area contributed by atoms with Crippen LogP contribution in [0, 0.1) is 19.8 Å². The fraction of sp³-hybridized carbons (Fsp3) is 0.565. The largest absolute Gasteiger partial charge is 0.493 e. The summed E-state index contributed by atoms with van der Waals surface area (Å²) < 4.78 is 16.7. The molecule has 4 rings (SSSR count). The van der Waals surface area contributed by atoms with Gasteiger partial charge in [-0.1, -0.05) is 18.0 Å². The Balaban J connectivity index is 1.50. The lowest BCUT2D eigenvalue weighted by Crippen LogP contribution is -2.49. The highest BCUT2D eigenvalue weighted by molar-refractivity contribution is 5.95. The van der Waals surface area contributed by atoms with Gasteiger partial charge < -0.3 is 18.9 Å². The lowest BCUT2D eigenvalue weighted by molar-refractivity contribution is 0.0390. The van der Waals surface area contributed by atoms with Crippen LogP contribution in [0.2, 0.25) is 0 Å². The Morgan fingerprint density at radius 2 is 1.97 bits per heavy atom. The van der Waals surface area contributed by atoms with Gasteiger partial charge in [0.1, 0.15) is 12.4 Å². The monoisotopic (exact) mass is 398 g/mol. The Labute approximate surface area is 172 Å². The molecule has 2 atom stereocenters. The van der Waals surface area contributed by atoms with E-state index in [0.717, 1.165) is 36.4 Å². The molecule has 0 radical (unpaired) electrons. The quantitative estimate of drug-likeness (QED) is 0.732. The number of benzene rings is 1. The first kappa shape index (κ1) is 19.8. The number of carbonyl (C=O) groups is 1. The van der Waals surface area contributed by atoms with E-state index < -0.39 is 0 Å². The number of fused-ring (bicyclic) bond motifs is 1. The second kappa shape index (κ2) is 8.47. The molecule has 6 nitrogen and oxygen atoms in total. The molecule has 0 bridgehead atoms. The van der Waals surface area contributed by atoms with Crippen molar-refractivity contribution in [2.24, 2.45) is 5.92 Å². The number of likely N-dealkylation sites (tertiary alicyclic amines) is 1. The maximum Gasteiger partial charge on any atom is 0.254 e. The van der Waals surface area contributed by atoms with Crippen LogP contribution < -0.4 is 9.47 Å². The number of nitrogens with zero attached hydrogens (tertiary/aromatic N) is 2. The number of ether oxygens (including phenoxy) is 2. The maximum atomic E-state index is 13.3. The zero-order chi connectivity index (χ0) is 20.4. The van der Waals surface area contributed by atoms with Crippen LogP contribution >= 0.6 is 0 Å². The minimum atomic E-state index is 0.108. The lowest BCUT2D eigenvalue weighted by atomic mass is 9.78. The molecule has 1 aliphatic carbocycles. The van der Waals surface area contributed by atoms with E-state index in [0.29, 0.717) is 35.6 Å². The van der Waals surface area contributed by atoms with Crippen molar-refractivity contribution in [3.63, 3.8) is 0 Å². The van der Waals surface area contributed by atoms with Crippen molar-refractivity contribution in [3.8, 4) is 11.5 Å². The smallest absolute Gasteiger partial charge is 0.254 e. The van der Waals surface area contributed by atoms with Crippen molar-refractivity contribution in [2.75, 3.05) is 13.7 Å². The van der Waals surface area contributed by atoms with Crippen molar-refractivity contribution in [3.05, 3.63) is 40.8 Å². The fourth-order valence-electron chi connectivity index (χ4n) is 4.82. The number of aryl methyl sites for hydroxylation is 2. The van der Waals surface area contributed by atoms with Crippen LogP contribution in [0.15, 0.2) is 22.7 Å². The van der Waals surface area contributed by atoms with Gasteiger partial charge in [-0.15, -0.1) is 0 Å². The van der Waals surface area contributed by atoms with Crippen molar-refractivity contribution in [2.45, 2.75) is 65.0 Å². The SMILES string of the molecule is COc1cc(C(=O)N2CCC[C@H]3CCCC[C@@H]32)ccc1OCc1c(C)noc1C. The summed E-state index contributed by atoms with van der Waals surface area (Å²) in [5.41, 5.74) is 2.42. The van der Waals surface area contributed by atoms with E-state index in [1.165, 1.54) is 25.7 Å². The van der Waals surface area contributed by atoms with Crippen LogP contribution in [0.25, 0.3) is 0 Å². The first-order valence-electron chi connectivity index (χ1n) is 10.6. The number of rotatable bonds is 5. The Morgan fingerprint density at radius 1 is 1.17 bits per heavy atom. The van der Waals surface area contributed by atoms with Gasteiger partial charge in [0.25, 0.3) is 5.91 Å². The highest BCUT2D eigenvalue weighted by Gasteiger charge is 2.36. The molecule has 0 N–H and O–H groups in total. The van der Waals surface area contributed by atoms with Gasteiger partial charge in [-0.25, -0.2) is 0 Å². The number of carbonyl (C=O) groups excluding carboxylic acids is 1. The van der Waals surface area contributed by atoms with Crippen molar-refractivity contribution >= 4 is 5.91 Å². The van der Waals surface area contributed by atoms with Gasteiger partial charge >= 0.3 is 0 Å². The van der Waals surface area contributed by atoms with Crippen molar-refractivity contribution in [1.29, 1.82) is 0 Å². The predicted octanol–water partition coefficient (Wildman–Crippen LogP) is 4.67. The van der Waals surface area contributed by atoms with Crippen LogP contribution in [0.4, 0.5) is 0 Å². The molecule has 156 valence electrons. The summed E-state index contributed by atoms with van der Waals surface area (Å²) in [5, 5.41) is 3.96. The summed E-state index contributed by atoms with van der Waals surface area (Å²) in [6, 6.07) is 5.87. The minimum absolute atomic E-state index is 0.108. The molecule has 1 saturated carbocycles. The van der Waals surface area contributed by atoms with E-state index in [4.69, 9.17) is 14.0 Å². The topological polar surface area (TPSA) is 64.8 Å². The molecule has 0 unspecified atom stereocenters. The molecule has 1 amide bonds. The van der Waals surface area contributed by atoms with E-state index in [1.807, 2.05) is 26.0 Å². The second-order valence-electron chi connectivity index (χ2n) is 8.21. The number of aromatic nitrogens is 1. The molecule has 0 spiro atoms. The van der Waals surface area contributed by atoms with Crippen LogP contribution in [0.5, 0.6) is 11.5 Å². The highest BCUT2D eigenvalue weighted by Crippen LogP contribution is 2.37. The third kappa shape index (κ3) is 3.98. The predicted molar refractivity (Wildman–Crippen MR) is 109 cm³/mol. The molecule has 1 aromatic heterocycles. The summed E-state index contributed by atoms with van der Waals surface area (Å²) in [6.45, 7) is 4.97. The van der Waals surface area contributed by atoms with Gasteiger partial charge in [0.15, 0.2) is 11.5 Å². The van der Waals surface area contributed by atoms with Crippen LogP contribution in [-0.4, -0.2) is 35.7 Å². The van der Waals surface area contributed by atoms with Crippen LogP contribution in [0.3, 0.4) is 0 Å². The second-order valence-corrected chi connectivity index (χ2v) is 8.21. The normalized spacial score (nSPS) is 21.6. The lowest BCUT2D eigenvalue weighted by Gasteiger charge is -2.44. The van der Waals surface area contributed by atoms with Gasteiger partial charge in [0, 0.05) is 18.2 Å². The first-order chi connectivity index (χ1) is 14.1. The molecule has 2 fully saturated rings. The molecule has 1 saturated heterocycles. The summed E-state index contributed by atoms with van der Waals surface area (Å²) in [6.07, 6.45) is 7.27. The Bertz CT molecular complexity index is 854. The molecule has 2 aliphatic rings. The number of amides is 1. The number of hydrogen-bond acceptors (Lipinski definition) is 5. The number of hydrogen-bond donors (Lipinski definition) is 0. The van der Waals surface area contributed by atoms with E-state index in [1.54, 1.807) is 13.2 Å². The van der Waals surface area contributed by atoms with E-state index in [9.17, 15) is 4.79 Å². The average molecular weight is 399 g/mol. The zero-order valence-electron chi connectivity index (χ0n) is 17.6. The summed E-state index contributed by atoms with van der Waals surface area (Å²) in [5.74, 6) is 2.71. The number of piperidine rings is 1. The molecular weight excluding hydrogens is 368 g/mol. The fourth-order valence-corrected chi connectivity index (χ4v) is 4.82. The van der Waals surface area contributed by atoms with Crippen molar-refractivity contribution in [1.82, 2.24) is 10.1 Å². The van der Waals surface area contributed by atoms with Crippen LogP contribution in [-0.2, 0) is 6.61 Å². The molecule has 1 aliphatic heterocycles. The third-order valence-electron chi connectivity index (χ3n) is 6.47. The molecule has 1 aromatic carbocycles. The summed E-state index contributed by atoms with van der Waals surface area (Å²) in [4.78, 5) is 15.4. The van der Waals surface area contributed by atoms with Gasteiger partial charge in [-0.05, 0) is 63.6 Å². The zero-order valence-corrected chi connectivity index (χ0v) is 17.6. The van der Waals surface area contributed by atoms with E-state index >= 15 is 0 Å². The Hall–Kier alpha value is -2.50. The summed E-state index contributed by atoms with van der Waals surface area (Å²) in [7, 11) is 1.60. The standard InChI is InChI=1S/C23H30N2O4/c1-15-19(16(2)29-24-15)14-28-21-11-10-18(13-22(21)27-3)23(26)25-12-6-8-17-7-4-5-9-20(17)25/h10-11,13,17,20H,4-9,12,14H2,1-3H3/t17-,20+/m1/s1. The third-order valence-corrected chi connectivity index (χ3v) is 6.47. The highest BCUT2D eigenvalue weighted by atomic mass is 16.5. The minimum Gasteiger partial charge on any atom is -0.493 e. The molecule has 2 aromatic rings. The Morgan fingerprint density at radius 3 is 2.72 bits per heavy atom. The average Bonchev–Trinajstić information content (AvgIpc) is 3.08. The Kier molecular flexibility index (Phi) is 5.79. The van der Waals surface area contributed by atoms with Crippen molar-refractivity contribution < 1.29 is 18.8 Å². The summed E-state index contributed by atoms with van der Waals surface area (Å²) >= 11 is 0. The van der Waals surface area contributed by atoms with Gasteiger partial charge in [-0.3, -0.25) is 4.79 Å². The molecular formula is C23H30N2O4. The maximum absolute atomic E-state index is 13.3. The van der Waals surface area contributed by atoms with Crippen LogP contribution in [0.1, 0.15) is 65.9 Å². The molecule has 29 heavy (non-hydrogen) atoms. The molecule has 6 heteroatoms. The van der Waals surface area contributed by atoms with Gasteiger partial charge in [-0.2, -0.15) is 0 Å². The number of methoxy groups -OCH3 is 1. The first-order valence-corrected chi connectivity index (χ1v) is 10.6.